The standard InChI is InChI=1S/C14H21N3O/c1-15-13(18)7-9-17(2)10-12-5-3-4-11-6-8-16-14(11)12/h3-5,16H,6-10H2,1-2H3,(H,15,18). The Balaban J connectivity index is 1.93. The number of rotatable bonds is 5. The SMILES string of the molecule is CNC(=O)CCN(C)Cc1cccc2c1NCC2. The zero-order valence-electron chi connectivity index (χ0n) is 11.1. The summed E-state index contributed by atoms with van der Waals surface area (Å²) < 4.78 is 0. The minimum absolute atomic E-state index is 0.0956. The van der Waals surface area contributed by atoms with Crippen molar-refractivity contribution in [1.82, 2.24) is 10.2 Å². The summed E-state index contributed by atoms with van der Waals surface area (Å²) in [5.41, 5.74) is 4.03. The van der Waals surface area contributed by atoms with Crippen molar-refractivity contribution >= 4 is 11.6 Å². The van der Waals surface area contributed by atoms with Gasteiger partial charge in [0.2, 0.25) is 5.91 Å². The van der Waals surface area contributed by atoms with Gasteiger partial charge in [-0.2, -0.15) is 0 Å². The summed E-state index contributed by atoms with van der Waals surface area (Å²) in [7, 11) is 3.73. The number of hydrogen-bond donors (Lipinski definition) is 2. The van der Waals surface area contributed by atoms with E-state index in [-0.39, 0.29) is 5.91 Å². The van der Waals surface area contributed by atoms with E-state index in [1.807, 2.05) is 0 Å². The van der Waals surface area contributed by atoms with Crippen LogP contribution in [0.25, 0.3) is 0 Å². The molecule has 18 heavy (non-hydrogen) atoms. The first-order chi connectivity index (χ1) is 8.70. The molecule has 1 amide bonds. The van der Waals surface area contributed by atoms with Gasteiger partial charge in [-0.3, -0.25) is 4.79 Å². The Hall–Kier alpha value is -1.55. The van der Waals surface area contributed by atoms with E-state index in [4.69, 9.17) is 0 Å². The number of hydrogen-bond acceptors (Lipinski definition) is 3. The van der Waals surface area contributed by atoms with E-state index in [9.17, 15) is 4.79 Å². The zero-order chi connectivity index (χ0) is 13.0. The molecule has 4 heteroatoms. The average Bonchev–Trinajstić information content (AvgIpc) is 2.85. The van der Waals surface area contributed by atoms with Gasteiger partial charge in [-0.15, -0.1) is 0 Å². The van der Waals surface area contributed by atoms with Crippen molar-refractivity contribution in [1.29, 1.82) is 0 Å². The number of carbonyl (C=O) groups is 1. The van der Waals surface area contributed by atoms with Gasteiger partial charge in [0, 0.05) is 38.8 Å². The minimum atomic E-state index is 0.0956. The smallest absolute Gasteiger partial charge is 0.221 e. The zero-order valence-corrected chi connectivity index (χ0v) is 11.1. The van der Waals surface area contributed by atoms with E-state index in [2.05, 4.69) is 40.8 Å². The molecule has 4 nitrogen and oxygen atoms in total. The highest BCUT2D eigenvalue weighted by atomic mass is 16.1. The largest absolute Gasteiger partial charge is 0.384 e. The number of nitrogens with zero attached hydrogens (tertiary/aromatic N) is 1. The molecule has 2 N–H and O–H groups in total. The summed E-state index contributed by atoms with van der Waals surface area (Å²) in [6.07, 6.45) is 1.67. The van der Waals surface area contributed by atoms with Crippen molar-refractivity contribution in [3.05, 3.63) is 29.3 Å². The maximum absolute atomic E-state index is 11.2. The molecule has 98 valence electrons. The molecule has 0 fully saturated rings. The molecular weight excluding hydrogens is 226 g/mol. The van der Waals surface area contributed by atoms with Gasteiger partial charge >= 0.3 is 0 Å². The van der Waals surface area contributed by atoms with Crippen molar-refractivity contribution in [2.75, 3.05) is 32.5 Å². The Morgan fingerprint density at radius 2 is 2.33 bits per heavy atom. The molecule has 2 rings (SSSR count). The molecule has 0 spiro atoms. The number of anilines is 1. The Kier molecular flexibility index (Phi) is 4.20. The normalized spacial score (nSPS) is 13.3. The summed E-state index contributed by atoms with van der Waals surface area (Å²) in [5.74, 6) is 0.0956. The van der Waals surface area contributed by atoms with Crippen molar-refractivity contribution in [2.45, 2.75) is 19.4 Å². The van der Waals surface area contributed by atoms with Gasteiger partial charge in [0.25, 0.3) is 0 Å². The van der Waals surface area contributed by atoms with Gasteiger partial charge in [0.1, 0.15) is 0 Å². The predicted octanol–water partition coefficient (Wildman–Crippen LogP) is 1.22. The molecule has 0 atom stereocenters. The fourth-order valence-electron chi connectivity index (χ4n) is 2.33. The van der Waals surface area contributed by atoms with Crippen LogP contribution in [0, 0.1) is 0 Å². The summed E-state index contributed by atoms with van der Waals surface area (Å²) in [6.45, 7) is 2.70. The van der Waals surface area contributed by atoms with E-state index in [1.165, 1.54) is 16.8 Å². The average molecular weight is 247 g/mol. The quantitative estimate of drug-likeness (QED) is 0.822. The van der Waals surface area contributed by atoms with Crippen LogP contribution >= 0.6 is 0 Å². The monoisotopic (exact) mass is 247 g/mol. The van der Waals surface area contributed by atoms with E-state index in [0.717, 1.165) is 26.1 Å². The topological polar surface area (TPSA) is 44.4 Å². The minimum Gasteiger partial charge on any atom is -0.384 e. The Morgan fingerprint density at radius 1 is 1.50 bits per heavy atom. The molecule has 1 aromatic carbocycles. The van der Waals surface area contributed by atoms with Gasteiger partial charge in [0.05, 0.1) is 0 Å². The molecule has 0 unspecified atom stereocenters. The van der Waals surface area contributed by atoms with Crippen molar-refractivity contribution in [2.24, 2.45) is 0 Å². The van der Waals surface area contributed by atoms with Crippen LogP contribution in [-0.4, -0.2) is 38.0 Å². The number of nitrogens with one attached hydrogen (secondary N) is 2. The van der Waals surface area contributed by atoms with Crippen molar-refractivity contribution in [3.8, 4) is 0 Å². The van der Waals surface area contributed by atoms with Crippen LogP contribution in [0.2, 0.25) is 0 Å². The second-order valence-corrected chi connectivity index (χ2v) is 4.79. The molecule has 1 heterocycles. The van der Waals surface area contributed by atoms with Gasteiger partial charge < -0.3 is 15.5 Å². The molecule has 0 bridgehead atoms. The number of carbonyl (C=O) groups excluding carboxylic acids is 1. The highest BCUT2D eigenvalue weighted by Crippen LogP contribution is 2.27. The molecule has 0 saturated carbocycles. The number of amides is 1. The van der Waals surface area contributed by atoms with Crippen molar-refractivity contribution in [3.63, 3.8) is 0 Å². The predicted molar refractivity (Wildman–Crippen MR) is 73.7 cm³/mol. The summed E-state index contributed by atoms with van der Waals surface area (Å²) in [5, 5.41) is 6.09. The number of benzene rings is 1. The lowest BCUT2D eigenvalue weighted by atomic mass is 10.1. The first-order valence-electron chi connectivity index (χ1n) is 6.44. The first-order valence-corrected chi connectivity index (χ1v) is 6.44. The van der Waals surface area contributed by atoms with Crippen LogP contribution < -0.4 is 10.6 Å². The van der Waals surface area contributed by atoms with Crippen LogP contribution in [0.15, 0.2) is 18.2 Å². The molecule has 1 aromatic rings. The molecule has 1 aliphatic rings. The molecule has 1 aliphatic heterocycles. The molecule has 0 radical (unpaired) electrons. The second-order valence-electron chi connectivity index (χ2n) is 4.79. The van der Waals surface area contributed by atoms with Crippen LogP contribution in [0.3, 0.4) is 0 Å². The highest BCUT2D eigenvalue weighted by Gasteiger charge is 2.14. The maximum atomic E-state index is 11.2. The van der Waals surface area contributed by atoms with E-state index in [1.54, 1.807) is 7.05 Å². The van der Waals surface area contributed by atoms with Crippen LogP contribution in [0.4, 0.5) is 5.69 Å². The molecular formula is C14H21N3O. The third kappa shape index (κ3) is 3.01. The molecule has 0 aromatic heterocycles. The van der Waals surface area contributed by atoms with Gasteiger partial charge in [-0.25, -0.2) is 0 Å². The Labute approximate surface area is 108 Å². The van der Waals surface area contributed by atoms with E-state index in [0.29, 0.717) is 6.42 Å². The summed E-state index contributed by atoms with van der Waals surface area (Å²) in [6, 6.07) is 6.46. The second kappa shape index (κ2) is 5.87. The first kappa shape index (κ1) is 12.9. The summed E-state index contributed by atoms with van der Waals surface area (Å²) in [4.78, 5) is 13.4. The third-order valence-electron chi connectivity index (χ3n) is 3.37. The van der Waals surface area contributed by atoms with Crippen molar-refractivity contribution < 1.29 is 4.79 Å². The Bertz CT molecular complexity index is 431. The Morgan fingerprint density at radius 3 is 3.11 bits per heavy atom. The lowest BCUT2D eigenvalue weighted by molar-refractivity contribution is -0.120. The van der Waals surface area contributed by atoms with E-state index >= 15 is 0 Å². The fourth-order valence-corrected chi connectivity index (χ4v) is 2.33. The maximum Gasteiger partial charge on any atom is 0.221 e. The fraction of sp³-hybridized carbons (Fsp3) is 0.500. The van der Waals surface area contributed by atoms with Crippen LogP contribution in [0.5, 0.6) is 0 Å². The van der Waals surface area contributed by atoms with Gasteiger partial charge in [-0.1, -0.05) is 18.2 Å². The number of fused-ring (bicyclic) bond motifs is 1. The third-order valence-corrected chi connectivity index (χ3v) is 3.37. The molecule has 0 saturated heterocycles. The lowest BCUT2D eigenvalue weighted by Gasteiger charge is -2.18. The van der Waals surface area contributed by atoms with Gasteiger partial charge in [-0.05, 0) is 24.6 Å². The highest BCUT2D eigenvalue weighted by molar-refractivity contribution is 5.75. The van der Waals surface area contributed by atoms with Crippen LogP contribution in [-0.2, 0) is 17.8 Å². The van der Waals surface area contributed by atoms with Gasteiger partial charge in [0.15, 0.2) is 0 Å². The van der Waals surface area contributed by atoms with E-state index < -0.39 is 0 Å². The summed E-state index contributed by atoms with van der Waals surface area (Å²) >= 11 is 0. The number of para-hydroxylation sites is 1. The lowest BCUT2D eigenvalue weighted by Crippen LogP contribution is -2.26. The van der Waals surface area contributed by atoms with Crippen LogP contribution in [0.1, 0.15) is 17.5 Å². The molecule has 0 aliphatic carbocycles.